The number of anilines is 1. The first-order valence-corrected chi connectivity index (χ1v) is 11.9. The predicted octanol–water partition coefficient (Wildman–Crippen LogP) is 0.804. The number of hydrogen-bond acceptors (Lipinski definition) is 9. The van der Waals surface area contributed by atoms with Crippen molar-refractivity contribution in [1.82, 2.24) is 10.2 Å². The Morgan fingerprint density at radius 3 is 2.36 bits per heavy atom. The molecule has 4 amide bonds. The summed E-state index contributed by atoms with van der Waals surface area (Å²) in [4.78, 5) is 60.8. The van der Waals surface area contributed by atoms with Crippen LogP contribution >= 0.6 is 0 Å². The molecule has 0 saturated carbocycles. The first-order chi connectivity index (χ1) is 17.4. The van der Waals surface area contributed by atoms with Gasteiger partial charge in [0, 0.05) is 31.7 Å². The van der Waals surface area contributed by atoms with Crippen molar-refractivity contribution in [2.24, 2.45) is 0 Å². The predicted molar refractivity (Wildman–Crippen MR) is 126 cm³/mol. The number of unbranched alkanes of at least 4 members (excludes halogenated alkanes) is 1. The van der Waals surface area contributed by atoms with Crippen molar-refractivity contribution in [3.63, 3.8) is 0 Å². The van der Waals surface area contributed by atoms with Gasteiger partial charge in [-0.05, 0) is 31.4 Å². The van der Waals surface area contributed by atoms with Gasteiger partial charge in [-0.15, -0.1) is 0 Å². The van der Waals surface area contributed by atoms with Crippen LogP contribution in [-0.2, 0) is 28.6 Å². The molecule has 1 aromatic carbocycles. The van der Waals surface area contributed by atoms with Gasteiger partial charge in [-0.3, -0.25) is 34.2 Å². The molecule has 1 unspecified atom stereocenters. The Bertz CT molecular complexity index is 982. The summed E-state index contributed by atoms with van der Waals surface area (Å²) in [6.45, 7) is 2.82. The van der Waals surface area contributed by atoms with Crippen LogP contribution in [0.1, 0.15) is 52.8 Å². The lowest BCUT2D eigenvalue weighted by atomic mass is 10.0. The van der Waals surface area contributed by atoms with E-state index in [4.69, 9.17) is 19.3 Å². The van der Waals surface area contributed by atoms with Crippen molar-refractivity contribution in [2.45, 2.75) is 38.1 Å². The highest BCUT2D eigenvalue weighted by atomic mass is 16.5. The number of amides is 4. The molecule has 1 aromatic rings. The summed E-state index contributed by atoms with van der Waals surface area (Å²) in [5.41, 5.74) is 0.896. The molecule has 0 bridgehead atoms. The lowest BCUT2D eigenvalue weighted by molar-refractivity contribution is -0.138. The maximum absolute atomic E-state index is 13.0. The number of hydrogen-bond donors (Lipinski definition) is 3. The number of rotatable bonds is 16. The Labute approximate surface area is 208 Å². The van der Waals surface area contributed by atoms with E-state index in [0.717, 1.165) is 4.90 Å². The fourth-order valence-corrected chi connectivity index (χ4v) is 3.94. The number of carbonyl (C=O) groups excluding carboxylic acids is 4. The SMILES string of the molecule is O=C(O)CCCCOCCOCCOCCNc1cccc2c1C(=O)N(C1CCC(=O)NC1=O)C2=O. The second-order valence-electron chi connectivity index (χ2n) is 8.29. The van der Waals surface area contributed by atoms with E-state index in [1.54, 1.807) is 18.2 Å². The lowest BCUT2D eigenvalue weighted by Crippen LogP contribution is -2.54. The second-order valence-corrected chi connectivity index (χ2v) is 8.29. The molecule has 196 valence electrons. The molecule has 2 aliphatic heterocycles. The summed E-state index contributed by atoms with van der Waals surface area (Å²) in [5, 5.41) is 13.8. The van der Waals surface area contributed by atoms with E-state index >= 15 is 0 Å². The molecule has 2 heterocycles. The van der Waals surface area contributed by atoms with Crippen LogP contribution in [0, 0.1) is 0 Å². The number of imide groups is 2. The number of piperidine rings is 1. The largest absolute Gasteiger partial charge is 0.481 e. The fourth-order valence-electron chi connectivity index (χ4n) is 3.94. The third kappa shape index (κ3) is 7.33. The van der Waals surface area contributed by atoms with Gasteiger partial charge in [0.1, 0.15) is 6.04 Å². The first-order valence-electron chi connectivity index (χ1n) is 11.9. The molecule has 3 rings (SSSR count). The molecule has 12 heteroatoms. The molecule has 1 fully saturated rings. The molecule has 0 radical (unpaired) electrons. The van der Waals surface area contributed by atoms with Crippen molar-refractivity contribution in [1.29, 1.82) is 0 Å². The zero-order valence-electron chi connectivity index (χ0n) is 20.0. The summed E-state index contributed by atoms with van der Waals surface area (Å²) in [6.07, 6.45) is 1.60. The summed E-state index contributed by atoms with van der Waals surface area (Å²) >= 11 is 0. The molecule has 12 nitrogen and oxygen atoms in total. The van der Waals surface area contributed by atoms with Gasteiger partial charge in [0.2, 0.25) is 11.8 Å². The third-order valence-electron chi connectivity index (χ3n) is 5.70. The number of nitrogens with one attached hydrogen (secondary N) is 2. The fraction of sp³-hybridized carbons (Fsp3) is 0.542. The number of nitrogens with zero attached hydrogens (tertiary/aromatic N) is 1. The van der Waals surface area contributed by atoms with Crippen LogP contribution in [0.3, 0.4) is 0 Å². The smallest absolute Gasteiger partial charge is 0.303 e. The van der Waals surface area contributed by atoms with Crippen LogP contribution in [0.2, 0.25) is 0 Å². The molecule has 3 N–H and O–H groups in total. The summed E-state index contributed by atoms with van der Waals surface area (Å²) in [7, 11) is 0. The van der Waals surface area contributed by atoms with E-state index in [2.05, 4.69) is 10.6 Å². The number of aliphatic carboxylic acids is 1. The summed E-state index contributed by atoms with van der Waals surface area (Å²) in [5.74, 6) is -2.98. The van der Waals surface area contributed by atoms with E-state index in [9.17, 15) is 24.0 Å². The molecule has 1 atom stereocenters. The average Bonchev–Trinajstić information content (AvgIpc) is 3.09. The Hall–Kier alpha value is -3.35. The Balaban J connectivity index is 1.33. The van der Waals surface area contributed by atoms with E-state index < -0.39 is 35.6 Å². The van der Waals surface area contributed by atoms with E-state index in [0.29, 0.717) is 64.7 Å². The number of carboxylic acids is 1. The maximum Gasteiger partial charge on any atom is 0.303 e. The van der Waals surface area contributed by atoms with E-state index in [1.807, 2.05) is 0 Å². The molecule has 0 spiro atoms. The average molecular weight is 506 g/mol. The van der Waals surface area contributed by atoms with Crippen molar-refractivity contribution in [2.75, 3.05) is 51.5 Å². The minimum Gasteiger partial charge on any atom is -0.481 e. The van der Waals surface area contributed by atoms with Gasteiger partial charge >= 0.3 is 5.97 Å². The lowest BCUT2D eigenvalue weighted by Gasteiger charge is -2.27. The van der Waals surface area contributed by atoms with Gasteiger partial charge in [-0.2, -0.15) is 0 Å². The molecule has 1 saturated heterocycles. The van der Waals surface area contributed by atoms with E-state index in [-0.39, 0.29) is 30.4 Å². The minimum absolute atomic E-state index is 0.0671. The van der Waals surface area contributed by atoms with Crippen LogP contribution in [0.4, 0.5) is 5.69 Å². The Kier molecular flexibility index (Phi) is 10.3. The van der Waals surface area contributed by atoms with Crippen LogP contribution in [-0.4, -0.2) is 91.8 Å². The first kappa shape index (κ1) is 27.2. The molecule has 2 aliphatic rings. The Morgan fingerprint density at radius 2 is 1.67 bits per heavy atom. The molecule has 36 heavy (non-hydrogen) atoms. The van der Waals surface area contributed by atoms with Gasteiger partial charge in [0.25, 0.3) is 11.8 Å². The van der Waals surface area contributed by atoms with Gasteiger partial charge in [0.15, 0.2) is 0 Å². The van der Waals surface area contributed by atoms with Crippen LogP contribution < -0.4 is 10.6 Å². The van der Waals surface area contributed by atoms with Crippen LogP contribution in [0.25, 0.3) is 0 Å². The van der Waals surface area contributed by atoms with Crippen molar-refractivity contribution >= 4 is 35.3 Å². The number of benzene rings is 1. The third-order valence-corrected chi connectivity index (χ3v) is 5.70. The standard InChI is InChI=1S/C24H31N3O9/c28-19-8-7-18(22(31)26-19)27-23(32)16-4-3-5-17(21(16)24(27)33)25-9-11-35-13-15-36-14-12-34-10-2-1-6-20(29)30/h3-5,18,25H,1-2,6-15H2,(H,29,30)(H,26,28,31). The molecule has 0 aliphatic carbocycles. The van der Waals surface area contributed by atoms with Crippen molar-refractivity contribution in [3.05, 3.63) is 29.3 Å². The van der Waals surface area contributed by atoms with Gasteiger partial charge in [-0.25, -0.2) is 0 Å². The minimum atomic E-state index is -1.01. The molecular weight excluding hydrogens is 474 g/mol. The number of carboxylic acid groups (broad SMARTS) is 1. The number of ether oxygens (including phenoxy) is 3. The highest BCUT2D eigenvalue weighted by molar-refractivity contribution is 6.25. The van der Waals surface area contributed by atoms with Gasteiger partial charge in [-0.1, -0.05) is 6.07 Å². The quantitative estimate of drug-likeness (QED) is 0.217. The summed E-state index contributed by atoms with van der Waals surface area (Å²) in [6, 6.07) is 3.88. The van der Waals surface area contributed by atoms with Crippen molar-refractivity contribution < 1.29 is 43.3 Å². The number of fused-ring (bicyclic) bond motifs is 1. The second kappa shape index (κ2) is 13.7. The van der Waals surface area contributed by atoms with Crippen LogP contribution in [0.15, 0.2) is 18.2 Å². The van der Waals surface area contributed by atoms with Gasteiger partial charge < -0.3 is 24.6 Å². The highest BCUT2D eigenvalue weighted by Crippen LogP contribution is 2.32. The number of carbonyl (C=O) groups is 5. The molecular formula is C24H31N3O9. The van der Waals surface area contributed by atoms with Crippen molar-refractivity contribution in [3.8, 4) is 0 Å². The van der Waals surface area contributed by atoms with Gasteiger partial charge in [0.05, 0.1) is 44.2 Å². The zero-order chi connectivity index (χ0) is 25.9. The summed E-state index contributed by atoms with van der Waals surface area (Å²) < 4.78 is 16.3. The zero-order valence-corrected chi connectivity index (χ0v) is 20.0. The maximum atomic E-state index is 13.0. The monoisotopic (exact) mass is 505 g/mol. The van der Waals surface area contributed by atoms with Crippen LogP contribution in [0.5, 0.6) is 0 Å². The van der Waals surface area contributed by atoms with E-state index in [1.165, 1.54) is 0 Å². The normalized spacial score (nSPS) is 17.3. The Morgan fingerprint density at radius 1 is 0.972 bits per heavy atom. The highest BCUT2D eigenvalue weighted by Gasteiger charge is 2.45. The topological polar surface area (TPSA) is 161 Å². The molecule has 0 aromatic heterocycles.